The molecule has 0 bridgehead atoms. The van der Waals surface area contributed by atoms with Gasteiger partial charge in [0.1, 0.15) is 5.82 Å². The molecule has 4 heteroatoms. The number of carboxylic acids is 1. The molecule has 1 heterocycles. The van der Waals surface area contributed by atoms with Crippen LogP contribution in [0, 0.1) is 0 Å². The summed E-state index contributed by atoms with van der Waals surface area (Å²) in [6.45, 7) is 2.10. The van der Waals surface area contributed by atoms with Crippen LogP contribution < -0.4 is 0 Å². The van der Waals surface area contributed by atoms with Gasteiger partial charge in [-0.25, -0.2) is 9.78 Å². The van der Waals surface area contributed by atoms with E-state index in [4.69, 9.17) is 0 Å². The Morgan fingerprint density at radius 3 is 2.80 bits per heavy atom. The molecule has 0 aliphatic rings. The van der Waals surface area contributed by atoms with Gasteiger partial charge in [-0.3, -0.25) is 0 Å². The van der Waals surface area contributed by atoms with Crippen LogP contribution in [0.4, 0.5) is 0 Å². The number of aromatic nitrogens is 2. The number of benzene rings is 2. The van der Waals surface area contributed by atoms with Gasteiger partial charge in [0.05, 0.1) is 16.6 Å². The number of imidazole rings is 1. The number of hydrogen-bond donors (Lipinski definition) is 2. The van der Waals surface area contributed by atoms with Crippen molar-refractivity contribution >= 4 is 17.0 Å². The van der Waals surface area contributed by atoms with Gasteiger partial charge in [-0.15, -0.1) is 0 Å². The first-order valence-corrected chi connectivity index (χ1v) is 6.50. The molecule has 0 aliphatic heterocycles. The summed E-state index contributed by atoms with van der Waals surface area (Å²) >= 11 is 0. The van der Waals surface area contributed by atoms with Crippen LogP contribution in [0.25, 0.3) is 22.4 Å². The lowest BCUT2D eigenvalue weighted by Crippen LogP contribution is -1.99. The van der Waals surface area contributed by atoms with Crippen LogP contribution in [-0.2, 0) is 6.42 Å². The van der Waals surface area contributed by atoms with Crippen molar-refractivity contribution in [2.24, 2.45) is 0 Å². The summed E-state index contributed by atoms with van der Waals surface area (Å²) in [5.74, 6) is -0.360. The number of aryl methyl sites for hydroxylation is 1. The fourth-order valence-electron chi connectivity index (χ4n) is 2.28. The maximum absolute atomic E-state index is 11.3. The SMILES string of the molecule is CCc1ccc2nc(-c3ccccc3C(=O)O)[nH]c2c1. The highest BCUT2D eigenvalue weighted by Gasteiger charge is 2.14. The van der Waals surface area contributed by atoms with Crippen LogP contribution in [0.5, 0.6) is 0 Å². The fraction of sp³-hybridized carbons (Fsp3) is 0.125. The van der Waals surface area contributed by atoms with Crippen molar-refractivity contribution in [1.29, 1.82) is 0 Å². The van der Waals surface area contributed by atoms with Crippen molar-refractivity contribution in [2.45, 2.75) is 13.3 Å². The largest absolute Gasteiger partial charge is 0.478 e. The first-order valence-electron chi connectivity index (χ1n) is 6.50. The van der Waals surface area contributed by atoms with Gasteiger partial charge in [0.15, 0.2) is 0 Å². The van der Waals surface area contributed by atoms with E-state index in [0.717, 1.165) is 17.5 Å². The Morgan fingerprint density at radius 1 is 1.25 bits per heavy atom. The van der Waals surface area contributed by atoms with Gasteiger partial charge in [-0.2, -0.15) is 0 Å². The number of hydrogen-bond acceptors (Lipinski definition) is 2. The maximum Gasteiger partial charge on any atom is 0.336 e. The Balaban J connectivity index is 2.18. The van der Waals surface area contributed by atoms with Gasteiger partial charge in [0.25, 0.3) is 0 Å². The van der Waals surface area contributed by atoms with E-state index in [1.165, 1.54) is 5.56 Å². The second kappa shape index (κ2) is 4.81. The molecule has 4 nitrogen and oxygen atoms in total. The van der Waals surface area contributed by atoms with Crippen LogP contribution in [0.3, 0.4) is 0 Å². The van der Waals surface area contributed by atoms with E-state index in [9.17, 15) is 9.90 Å². The van der Waals surface area contributed by atoms with Crippen LogP contribution in [-0.4, -0.2) is 21.0 Å². The Bertz CT molecular complexity index is 790. The Hall–Kier alpha value is -2.62. The highest BCUT2D eigenvalue weighted by molar-refractivity contribution is 5.96. The molecule has 0 amide bonds. The third-order valence-corrected chi connectivity index (χ3v) is 3.37. The molecule has 0 atom stereocenters. The fourth-order valence-corrected chi connectivity index (χ4v) is 2.28. The van der Waals surface area contributed by atoms with Crippen LogP contribution in [0.15, 0.2) is 42.5 Å². The van der Waals surface area contributed by atoms with Crippen LogP contribution >= 0.6 is 0 Å². The first kappa shape index (κ1) is 12.4. The van der Waals surface area contributed by atoms with Crippen molar-refractivity contribution in [2.75, 3.05) is 0 Å². The van der Waals surface area contributed by atoms with Crippen molar-refractivity contribution in [3.8, 4) is 11.4 Å². The highest BCUT2D eigenvalue weighted by Crippen LogP contribution is 2.24. The third kappa shape index (κ3) is 2.05. The lowest BCUT2D eigenvalue weighted by atomic mass is 10.1. The summed E-state index contributed by atoms with van der Waals surface area (Å²) in [5, 5.41) is 9.24. The molecular weight excluding hydrogens is 252 g/mol. The van der Waals surface area contributed by atoms with Crippen LogP contribution in [0.1, 0.15) is 22.8 Å². The lowest BCUT2D eigenvalue weighted by Gasteiger charge is -2.01. The zero-order chi connectivity index (χ0) is 14.1. The molecule has 2 aromatic carbocycles. The third-order valence-electron chi connectivity index (χ3n) is 3.37. The monoisotopic (exact) mass is 266 g/mol. The molecule has 0 spiro atoms. The van der Waals surface area contributed by atoms with E-state index in [1.807, 2.05) is 18.2 Å². The molecule has 20 heavy (non-hydrogen) atoms. The molecule has 0 saturated heterocycles. The van der Waals surface area contributed by atoms with Gasteiger partial charge in [0.2, 0.25) is 0 Å². The minimum Gasteiger partial charge on any atom is -0.478 e. The van der Waals surface area contributed by atoms with E-state index in [1.54, 1.807) is 18.2 Å². The Labute approximate surface area is 116 Å². The quantitative estimate of drug-likeness (QED) is 0.762. The molecule has 0 fully saturated rings. The predicted octanol–water partition coefficient (Wildman–Crippen LogP) is 3.49. The van der Waals surface area contributed by atoms with E-state index < -0.39 is 5.97 Å². The summed E-state index contributed by atoms with van der Waals surface area (Å²) in [7, 11) is 0. The average molecular weight is 266 g/mol. The molecule has 100 valence electrons. The minimum absolute atomic E-state index is 0.252. The summed E-state index contributed by atoms with van der Waals surface area (Å²) in [4.78, 5) is 19.0. The molecule has 0 radical (unpaired) electrons. The summed E-state index contributed by atoms with van der Waals surface area (Å²) < 4.78 is 0. The number of nitrogens with zero attached hydrogens (tertiary/aromatic N) is 1. The normalized spacial score (nSPS) is 10.8. The van der Waals surface area contributed by atoms with E-state index >= 15 is 0 Å². The number of carbonyl (C=O) groups is 1. The van der Waals surface area contributed by atoms with E-state index in [0.29, 0.717) is 11.4 Å². The van der Waals surface area contributed by atoms with Crippen molar-refractivity contribution in [1.82, 2.24) is 9.97 Å². The second-order valence-electron chi connectivity index (χ2n) is 4.64. The molecule has 0 saturated carbocycles. The molecule has 3 aromatic rings. The Kier molecular flexibility index (Phi) is 2.99. The van der Waals surface area contributed by atoms with Crippen LogP contribution in [0.2, 0.25) is 0 Å². The standard InChI is InChI=1S/C16H14N2O2/c1-2-10-7-8-13-14(9-10)18-15(17-13)11-5-3-4-6-12(11)16(19)20/h3-9H,2H2,1H3,(H,17,18)(H,19,20). The number of aromatic amines is 1. The van der Waals surface area contributed by atoms with Gasteiger partial charge < -0.3 is 10.1 Å². The lowest BCUT2D eigenvalue weighted by molar-refractivity contribution is 0.0697. The van der Waals surface area contributed by atoms with Gasteiger partial charge in [-0.1, -0.05) is 31.2 Å². The van der Waals surface area contributed by atoms with Crippen molar-refractivity contribution < 1.29 is 9.90 Å². The van der Waals surface area contributed by atoms with Gasteiger partial charge in [-0.05, 0) is 30.2 Å². The minimum atomic E-state index is -0.949. The number of rotatable bonds is 3. The zero-order valence-corrected chi connectivity index (χ0v) is 11.1. The molecule has 0 unspecified atom stereocenters. The highest BCUT2D eigenvalue weighted by atomic mass is 16.4. The van der Waals surface area contributed by atoms with Gasteiger partial charge >= 0.3 is 5.97 Å². The second-order valence-corrected chi connectivity index (χ2v) is 4.64. The molecule has 3 rings (SSSR count). The Morgan fingerprint density at radius 2 is 2.05 bits per heavy atom. The van der Waals surface area contributed by atoms with Crippen molar-refractivity contribution in [3.63, 3.8) is 0 Å². The summed E-state index contributed by atoms with van der Waals surface area (Å²) in [5.41, 5.74) is 3.85. The maximum atomic E-state index is 11.3. The number of carboxylic acid groups (broad SMARTS) is 1. The number of fused-ring (bicyclic) bond motifs is 1. The summed E-state index contributed by atoms with van der Waals surface area (Å²) in [6.07, 6.45) is 0.954. The van der Waals surface area contributed by atoms with E-state index in [-0.39, 0.29) is 5.56 Å². The zero-order valence-electron chi connectivity index (χ0n) is 11.1. The molecular formula is C16H14N2O2. The number of nitrogens with one attached hydrogen (secondary N) is 1. The average Bonchev–Trinajstić information content (AvgIpc) is 2.89. The van der Waals surface area contributed by atoms with Crippen molar-refractivity contribution in [3.05, 3.63) is 53.6 Å². The number of H-pyrrole nitrogens is 1. The first-order chi connectivity index (χ1) is 9.69. The predicted molar refractivity (Wildman–Crippen MR) is 77.9 cm³/mol. The van der Waals surface area contributed by atoms with E-state index in [2.05, 4.69) is 23.0 Å². The van der Waals surface area contributed by atoms with Gasteiger partial charge in [0, 0.05) is 5.56 Å². The summed E-state index contributed by atoms with van der Waals surface area (Å²) in [6, 6.07) is 12.9. The topological polar surface area (TPSA) is 66.0 Å². The molecule has 2 N–H and O–H groups in total. The molecule has 0 aliphatic carbocycles. The smallest absolute Gasteiger partial charge is 0.336 e. The molecule has 1 aromatic heterocycles. The number of aromatic carboxylic acids is 1.